The molecule has 0 spiro atoms. The van der Waals surface area contributed by atoms with Gasteiger partial charge < -0.3 is 15.0 Å². The molecule has 0 bridgehead atoms. The topological polar surface area (TPSA) is 96.0 Å². The van der Waals surface area contributed by atoms with Gasteiger partial charge in [-0.05, 0) is 67.4 Å². The number of hydrogen-bond donors (Lipinski definition) is 1. The highest BCUT2D eigenvalue weighted by molar-refractivity contribution is 7.92. The Hall–Kier alpha value is -4.63. The molecule has 0 aliphatic rings. The van der Waals surface area contributed by atoms with E-state index in [4.69, 9.17) is 4.74 Å². The minimum absolute atomic E-state index is 0.0471. The van der Waals surface area contributed by atoms with Gasteiger partial charge in [0.1, 0.15) is 24.1 Å². The molecule has 218 valence electrons. The van der Waals surface area contributed by atoms with Crippen molar-refractivity contribution in [2.24, 2.45) is 0 Å². The van der Waals surface area contributed by atoms with Crippen LogP contribution >= 0.6 is 0 Å². The Labute approximate surface area is 247 Å². The van der Waals surface area contributed by atoms with E-state index in [9.17, 15) is 18.0 Å². The van der Waals surface area contributed by atoms with Crippen molar-refractivity contribution in [1.29, 1.82) is 0 Å². The number of nitrogens with one attached hydrogen (secondary N) is 1. The number of rotatable bonds is 12. The largest absolute Gasteiger partial charge is 0.457 e. The number of sulfonamides is 1. The van der Waals surface area contributed by atoms with Gasteiger partial charge in [0.25, 0.3) is 10.0 Å². The van der Waals surface area contributed by atoms with Crippen LogP contribution in [0.3, 0.4) is 0 Å². The summed E-state index contributed by atoms with van der Waals surface area (Å²) in [5, 5.41) is 2.63. The zero-order valence-corrected chi connectivity index (χ0v) is 24.8. The predicted molar refractivity (Wildman–Crippen MR) is 164 cm³/mol. The van der Waals surface area contributed by atoms with Crippen LogP contribution < -0.4 is 14.4 Å². The molecule has 0 saturated carbocycles. The molecule has 4 aromatic carbocycles. The van der Waals surface area contributed by atoms with Gasteiger partial charge in [-0.2, -0.15) is 0 Å². The van der Waals surface area contributed by atoms with E-state index in [-0.39, 0.29) is 23.0 Å². The third-order valence-electron chi connectivity index (χ3n) is 6.82. The number of carbonyl (C=O) groups is 2. The highest BCUT2D eigenvalue weighted by Gasteiger charge is 2.33. The fourth-order valence-corrected chi connectivity index (χ4v) is 5.96. The maximum Gasteiger partial charge on any atom is 0.264 e. The summed E-state index contributed by atoms with van der Waals surface area (Å²) in [6, 6.07) is 30.6. The first kappa shape index (κ1) is 30.3. The first-order valence-electron chi connectivity index (χ1n) is 13.7. The minimum Gasteiger partial charge on any atom is -0.457 e. The molecule has 0 unspecified atom stereocenters. The van der Waals surface area contributed by atoms with Gasteiger partial charge in [-0.15, -0.1) is 0 Å². The molecule has 8 nitrogen and oxygen atoms in total. The van der Waals surface area contributed by atoms with E-state index in [0.717, 1.165) is 15.4 Å². The molecule has 4 aromatic rings. The smallest absolute Gasteiger partial charge is 0.264 e. The van der Waals surface area contributed by atoms with Crippen molar-refractivity contribution in [3.63, 3.8) is 0 Å². The number of aryl methyl sites for hydroxylation is 1. The van der Waals surface area contributed by atoms with Crippen LogP contribution in [-0.4, -0.2) is 44.8 Å². The van der Waals surface area contributed by atoms with Gasteiger partial charge in [0.2, 0.25) is 11.8 Å². The summed E-state index contributed by atoms with van der Waals surface area (Å²) in [5.41, 5.74) is 2.18. The molecule has 42 heavy (non-hydrogen) atoms. The second-order valence-corrected chi connectivity index (χ2v) is 11.6. The molecule has 4 rings (SSSR count). The fourth-order valence-electron chi connectivity index (χ4n) is 4.53. The molecule has 0 heterocycles. The van der Waals surface area contributed by atoms with Crippen LogP contribution in [0.1, 0.15) is 24.5 Å². The molecule has 0 saturated heterocycles. The number of ether oxygens (including phenoxy) is 1. The molecule has 2 amide bonds. The van der Waals surface area contributed by atoms with Crippen LogP contribution in [0.25, 0.3) is 0 Å². The van der Waals surface area contributed by atoms with Crippen molar-refractivity contribution in [3.8, 4) is 11.5 Å². The Morgan fingerprint density at radius 3 is 1.95 bits per heavy atom. The highest BCUT2D eigenvalue weighted by atomic mass is 32.2. The van der Waals surface area contributed by atoms with E-state index >= 15 is 0 Å². The van der Waals surface area contributed by atoms with Gasteiger partial charge in [-0.3, -0.25) is 13.9 Å². The molecule has 1 N–H and O–H groups in total. The molecule has 1 atom stereocenters. The third kappa shape index (κ3) is 7.36. The van der Waals surface area contributed by atoms with E-state index in [1.165, 1.54) is 24.1 Å². The number of hydrogen-bond acceptors (Lipinski definition) is 5. The molecule has 0 radical (unpaired) electrons. The van der Waals surface area contributed by atoms with Crippen LogP contribution in [0.5, 0.6) is 11.5 Å². The highest BCUT2D eigenvalue weighted by Crippen LogP contribution is 2.28. The van der Waals surface area contributed by atoms with Crippen LogP contribution in [0.15, 0.2) is 114 Å². The fraction of sp³-hybridized carbons (Fsp3) is 0.212. The number of benzene rings is 4. The quantitative estimate of drug-likeness (QED) is 0.236. The van der Waals surface area contributed by atoms with E-state index in [1.807, 2.05) is 68.4 Å². The summed E-state index contributed by atoms with van der Waals surface area (Å²) in [4.78, 5) is 28.4. The molecule has 9 heteroatoms. The van der Waals surface area contributed by atoms with Gasteiger partial charge in [0, 0.05) is 13.6 Å². The van der Waals surface area contributed by atoms with Crippen LogP contribution in [0, 0.1) is 6.92 Å². The lowest BCUT2D eigenvalue weighted by Gasteiger charge is -2.33. The molecule has 0 fully saturated rings. The number of anilines is 1. The number of carbonyl (C=O) groups excluding carboxylic acids is 2. The third-order valence-corrected chi connectivity index (χ3v) is 8.61. The average molecular weight is 586 g/mol. The summed E-state index contributed by atoms with van der Waals surface area (Å²) >= 11 is 0. The Morgan fingerprint density at radius 2 is 1.38 bits per heavy atom. The van der Waals surface area contributed by atoms with Crippen molar-refractivity contribution in [2.45, 2.75) is 37.8 Å². The van der Waals surface area contributed by atoms with Gasteiger partial charge in [-0.25, -0.2) is 8.42 Å². The van der Waals surface area contributed by atoms with Gasteiger partial charge >= 0.3 is 0 Å². The average Bonchev–Trinajstić information content (AvgIpc) is 3.01. The first-order valence-corrected chi connectivity index (χ1v) is 15.1. The van der Waals surface area contributed by atoms with E-state index < -0.39 is 28.5 Å². The summed E-state index contributed by atoms with van der Waals surface area (Å²) < 4.78 is 34.8. The molecular weight excluding hydrogens is 550 g/mol. The number of para-hydroxylation sites is 1. The first-order chi connectivity index (χ1) is 20.2. The minimum atomic E-state index is -4.15. The lowest BCUT2D eigenvalue weighted by Crippen LogP contribution is -2.51. The standard InChI is InChI=1S/C33H35N3O5S/c1-4-31(33(38)34-3)35(23-26-17-15-25(2)16-18-26)32(37)24-36(42(39,40)30-13-9-6-10-14-30)27-19-21-29(22-20-27)41-28-11-7-5-8-12-28/h5-22,31H,4,23-24H2,1-3H3,(H,34,38)/t31-/m0/s1. The maximum atomic E-state index is 14.0. The Balaban J connectivity index is 1.70. The van der Waals surface area contributed by atoms with Crippen molar-refractivity contribution in [1.82, 2.24) is 10.2 Å². The monoisotopic (exact) mass is 585 g/mol. The van der Waals surface area contributed by atoms with Crippen molar-refractivity contribution >= 4 is 27.5 Å². The van der Waals surface area contributed by atoms with Crippen molar-refractivity contribution in [3.05, 3.63) is 120 Å². The predicted octanol–water partition coefficient (Wildman–Crippen LogP) is 5.54. The molecular formula is C33H35N3O5S. The van der Waals surface area contributed by atoms with Crippen molar-refractivity contribution in [2.75, 3.05) is 17.9 Å². The Morgan fingerprint density at radius 1 is 0.810 bits per heavy atom. The van der Waals surface area contributed by atoms with Gasteiger partial charge in [-0.1, -0.05) is 73.2 Å². The summed E-state index contributed by atoms with van der Waals surface area (Å²) in [6.45, 7) is 3.43. The lowest BCUT2D eigenvalue weighted by molar-refractivity contribution is -0.140. The summed E-state index contributed by atoms with van der Waals surface area (Å²) in [5.74, 6) is 0.328. The zero-order chi connectivity index (χ0) is 30.1. The number of nitrogens with zero attached hydrogens (tertiary/aromatic N) is 2. The van der Waals surface area contributed by atoms with Gasteiger partial charge in [0.05, 0.1) is 10.6 Å². The molecule has 0 aliphatic carbocycles. The van der Waals surface area contributed by atoms with Crippen LogP contribution in [0.2, 0.25) is 0 Å². The SMILES string of the molecule is CC[C@@H](C(=O)NC)N(Cc1ccc(C)cc1)C(=O)CN(c1ccc(Oc2ccccc2)cc1)S(=O)(=O)c1ccccc1. The van der Waals surface area contributed by atoms with Crippen LogP contribution in [-0.2, 0) is 26.2 Å². The Kier molecular flexibility index (Phi) is 9.98. The normalized spacial score (nSPS) is 11.8. The second kappa shape index (κ2) is 13.8. The zero-order valence-electron chi connectivity index (χ0n) is 23.9. The Bertz CT molecular complexity index is 1580. The number of likely N-dealkylation sites (N-methyl/N-ethyl adjacent to an activating group) is 1. The van der Waals surface area contributed by atoms with E-state index in [0.29, 0.717) is 17.9 Å². The molecule has 0 aliphatic heterocycles. The lowest BCUT2D eigenvalue weighted by atomic mass is 10.1. The van der Waals surface area contributed by atoms with E-state index in [1.54, 1.807) is 42.5 Å². The van der Waals surface area contributed by atoms with E-state index in [2.05, 4.69) is 5.32 Å². The summed E-state index contributed by atoms with van der Waals surface area (Å²) in [6.07, 6.45) is 0.355. The van der Waals surface area contributed by atoms with Crippen LogP contribution in [0.4, 0.5) is 5.69 Å². The molecule has 0 aromatic heterocycles. The number of amides is 2. The van der Waals surface area contributed by atoms with Crippen molar-refractivity contribution < 1.29 is 22.7 Å². The second-order valence-electron chi connectivity index (χ2n) is 9.78. The summed E-state index contributed by atoms with van der Waals surface area (Å²) in [7, 11) is -2.63. The van der Waals surface area contributed by atoms with Gasteiger partial charge in [0.15, 0.2) is 0 Å². The maximum absolute atomic E-state index is 14.0.